The average Bonchev–Trinajstić information content (AvgIpc) is 2.93. The Morgan fingerprint density at radius 1 is 1.08 bits per heavy atom. The van der Waals surface area contributed by atoms with E-state index in [2.05, 4.69) is 21.8 Å². The minimum absolute atomic E-state index is 0.00539. The number of nitrogens with two attached hydrogens (primary N) is 2. The Labute approximate surface area is 225 Å². The molecule has 0 spiro atoms. The maximum Gasteiger partial charge on any atom is 0.343 e. The smallest absolute Gasteiger partial charge is 0.343 e. The first-order valence-electron chi connectivity index (χ1n) is 12.3. The van der Waals surface area contributed by atoms with E-state index in [0.717, 1.165) is 5.56 Å². The molecule has 0 amide bonds. The van der Waals surface area contributed by atoms with Gasteiger partial charge in [-0.05, 0) is 49.7 Å². The highest BCUT2D eigenvalue weighted by atomic mass is 16.5. The summed E-state index contributed by atoms with van der Waals surface area (Å²) in [6.07, 6.45) is 3.56. The average molecular weight is 528 g/mol. The molecule has 0 unspecified atom stereocenters. The Kier molecular flexibility index (Phi) is 8.01. The zero-order valence-corrected chi connectivity index (χ0v) is 22.2. The van der Waals surface area contributed by atoms with Gasteiger partial charge < -0.3 is 30.2 Å². The van der Waals surface area contributed by atoms with Crippen molar-refractivity contribution in [2.45, 2.75) is 26.8 Å². The topological polar surface area (TPSA) is 145 Å². The molecule has 0 atom stereocenters. The molecule has 10 heteroatoms. The van der Waals surface area contributed by atoms with E-state index in [1.165, 1.54) is 6.20 Å². The standard InChI is InChI=1S/C29H29N5O5/c1-5-34-16-22(28(36)39-6-2)25(35)21-10-8-17(13-23(21)34)7-9-19-11-18(14-24(37-3)26(19)38-4)12-20-15-32-29(31)33-27(20)30/h8,10-11,13-16H,5-6,12H2,1-4H3,(H4,30,31,32,33). The molecule has 39 heavy (non-hydrogen) atoms. The summed E-state index contributed by atoms with van der Waals surface area (Å²) in [7, 11) is 3.10. The molecule has 0 bridgehead atoms. The second kappa shape index (κ2) is 11.6. The number of anilines is 2. The van der Waals surface area contributed by atoms with E-state index in [1.54, 1.807) is 39.5 Å². The summed E-state index contributed by atoms with van der Waals surface area (Å²) in [5.41, 5.74) is 14.8. The monoisotopic (exact) mass is 527 g/mol. The molecule has 2 heterocycles. The quantitative estimate of drug-likeness (QED) is 0.273. The molecule has 0 aliphatic carbocycles. The lowest BCUT2D eigenvalue weighted by atomic mass is 10.0. The number of ether oxygens (including phenoxy) is 3. The van der Waals surface area contributed by atoms with Crippen molar-refractivity contribution in [3.05, 3.63) is 80.8 Å². The van der Waals surface area contributed by atoms with Crippen molar-refractivity contribution in [2.75, 3.05) is 32.3 Å². The summed E-state index contributed by atoms with van der Waals surface area (Å²) in [6.45, 7) is 4.36. The molecule has 2 aromatic carbocycles. The zero-order chi connectivity index (χ0) is 28.1. The molecule has 4 N–H and O–H groups in total. The van der Waals surface area contributed by atoms with Gasteiger partial charge in [-0.15, -0.1) is 0 Å². The highest BCUT2D eigenvalue weighted by molar-refractivity contribution is 5.94. The third-order valence-electron chi connectivity index (χ3n) is 6.11. The molecule has 0 radical (unpaired) electrons. The number of aryl methyl sites for hydroxylation is 1. The highest BCUT2D eigenvalue weighted by Crippen LogP contribution is 2.33. The summed E-state index contributed by atoms with van der Waals surface area (Å²) in [4.78, 5) is 33.3. The van der Waals surface area contributed by atoms with Crippen molar-refractivity contribution in [3.63, 3.8) is 0 Å². The van der Waals surface area contributed by atoms with Gasteiger partial charge in [-0.3, -0.25) is 4.79 Å². The summed E-state index contributed by atoms with van der Waals surface area (Å²) in [6, 6.07) is 8.97. The van der Waals surface area contributed by atoms with Gasteiger partial charge in [0.25, 0.3) is 0 Å². The Bertz CT molecular complexity index is 1680. The summed E-state index contributed by atoms with van der Waals surface area (Å²) in [5, 5.41) is 0.414. The van der Waals surface area contributed by atoms with Gasteiger partial charge in [0, 0.05) is 41.9 Å². The molecule has 200 valence electrons. The third-order valence-corrected chi connectivity index (χ3v) is 6.11. The molecule has 4 aromatic rings. The van der Waals surface area contributed by atoms with Crippen LogP contribution in [0.5, 0.6) is 11.5 Å². The number of pyridine rings is 1. The maximum atomic E-state index is 13.0. The number of methoxy groups -OCH3 is 2. The lowest BCUT2D eigenvalue weighted by molar-refractivity contribution is 0.0524. The van der Waals surface area contributed by atoms with Crippen molar-refractivity contribution < 1.29 is 19.0 Å². The van der Waals surface area contributed by atoms with Gasteiger partial charge in [0.15, 0.2) is 11.5 Å². The summed E-state index contributed by atoms with van der Waals surface area (Å²) < 4.78 is 18.0. The van der Waals surface area contributed by atoms with Crippen LogP contribution in [0.2, 0.25) is 0 Å². The number of nitrogens with zero attached hydrogens (tertiary/aromatic N) is 3. The normalized spacial score (nSPS) is 10.6. The number of esters is 1. The first-order valence-corrected chi connectivity index (χ1v) is 12.3. The number of benzene rings is 2. The SMILES string of the molecule is CCOC(=O)c1cn(CC)c2cc(C#Cc3cc(Cc4cnc(N)nc4N)cc(OC)c3OC)ccc2c1=O. The van der Waals surface area contributed by atoms with Gasteiger partial charge >= 0.3 is 5.97 Å². The van der Waals surface area contributed by atoms with Crippen LogP contribution < -0.4 is 26.4 Å². The van der Waals surface area contributed by atoms with Crippen LogP contribution >= 0.6 is 0 Å². The molecule has 0 aliphatic rings. The molecule has 2 aromatic heterocycles. The predicted octanol–water partition coefficient (Wildman–Crippen LogP) is 3.16. The van der Waals surface area contributed by atoms with Crippen LogP contribution in [0.3, 0.4) is 0 Å². The fraction of sp³-hybridized carbons (Fsp3) is 0.241. The van der Waals surface area contributed by atoms with Gasteiger partial charge in [0.1, 0.15) is 11.4 Å². The Morgan fingerprint density at radius 3 is 2.54 bits per heavy atom. The summed E-state index contributed by atoms with van der Waals surface area (Å²) >= 11 is 0. The zero-order valence-electron chi connectivity index (χ0n) is 22.2. The van der Waals surface area contributed by atoms with Crippen LogP contribution in [-0.2, 0) is 17.7 Å². The molecule has 0 saturated heterocycles. The van der Waals surface area contributed by atoms with Crippen molar-refractivity contribution in [3.8, 4) is 23.3 Å². The van der Waals surface area contributed by atoms with Crippen molar-refractivity contribution in [1.82, 2.24) is 14.5 Å². The summed E-state index contributed by atoms with van der Waals surface area (Å²) in [5.74, 6) is 7.10. The number of carbonyl (C=O) groups excluding carboxylic acids is 1. The Morgan fingerprint density at radius 2 is 1.87 bits per heavy atom. The largest absolute Gasteiger partial charge is 0.493 e. The highest BCUT2D eigenvalue weighted by Gasteiger charge is 2.17. The van der Waals surface area contributed by atoms with Crippen molar-refractivity contribution >= 4 is 28.6 Å². The number of rotatable bonds is 7. The van der Waals surface area contributed by atoms with E-state index in [1.807, 2.05) is 29.7 Å². The van der Waals surface area contributed by atoms with Crippen LogP contribution in [0.1, 0.15) is 46.5 Å². The second-order valence-corrected chi connectivity index (χ2v) is 8.55. The van der Waals surface area contributed by atoms with Gasteiger partial charge in [0.2, 0.25) is 11.4 Å². The first kappa shape index (κ1) is 27.0. The lowest BCUT2D eigenvalue weighted by Crippen LogP contribution is -2.20. The minimum atomic E-state index is -0.635. The Hall–Kier alpha value is -5.04. The molecule has 4 rings (SSSR count). The third kappa shape index (κ3) is 5.62. The fourth-order valence-electron chi connectivity index (χ4n) is 4.23. The number of hydrogen-bond donors (Lipinski definition) is 2. The lowest BCUT2D eigenvalue weighted by Gasteiger charge is -2.13. The van der Waals surface area contributed by atoms with Gasteiger partial charge in [-0.25, -0.2) is 9.78 Å². The fourth-order valence-corrected chi connectivity index (χ4v) is 4.23. The van der Waals surface area contributed by atoms with E-state index >= 15 is 0 Å². The Balaban J connectivity index is 1.77. The second-order valence-electron chi connectivity index (χ2n) is 8.55. The number of hydrogen-bond acceptors (Lipinski definition) is 9. The van der Waals surface area contributed by atoms with Gasteiger partial charge in [-0.2, -0.15) is 4.98 Å². The molecular weight excluding hydrogens is 498 g/mol. The molecule has 0 saturated carbocycles. The van der Waals surface area contributed by atoms with Crippen LogP contribution in [0, 0.1) is 11.8 Å². The molecule has 10 nitrogen and oxygen atoms in total. The van der Waals surface area contributed by atoms with Gasteiger partial charge in [-0.1, -0.05) is 11.8 Å². The van der Waals surface area contributed by atoms with Crippen molar-refractivity contribution in [2.24, 2.45) is 0 Å². The van der Waals surface area contributed by atoms with Crippen molar-refractivity contribution in [1.29, 1.82) is 0 Å². The van der Waals surface area contributed by atoms with E-state index in [4.69, 9.17) is 25.7 Å². The van der Waals surface area contributed by atoms with Gasteiger partial charge in [0.05, 0.1) is 31.9 Å². The maximum absolute atomic E-state index is 13.0. The van der Waals surface area contributed by atoms with Crippen LogP contribution in [0.15, 0.2) is 47.5 Å². The molecular formula is C29H29N5O5. The van der Waals surface area contributed by atoms with E-state index in [9.17, 15) is 9.59 Å². The molecule has 0 aliphatic heterocycles. The number of aromatic nitrogens is 3. The first-order chi connectivity index (χ1) is 18.8. The number of nitrogen functional groups attached to an aromatic ring is 2. The number of carbonyl (C=O) groups is 1. The number of fused-ring (bicyclic) bond motifs is 1. The van der Waals surface area contributed by atoms with Crippen LogP contribution in [0.25, 0.3) is 10.9 Å². The molecule has 0 fully saturated rings. The van der Waals surface area contributed by atoms with Crippen LogP contribution in [-0.4, -0.2) is 41.3 Å². The van der Waals surface area contributed by atoms with E-state index in [-0.39, 0.29) is 23.5 Å². The van der Waals surface area contributed by atoms with E-state index < -0.39 is 5.97 Å². The van der Waals surface area contributed by atoms with Crippen LogP contribution in [0.4, 0.5) is 11.8 Å². The predicted molar refractivity (Wildman–Crippen MR) is 149 cm³/mol. The minimum Gasteiger partial charge on any atom is -0.493 e. The van der Waals surface area contributed by atoms with E-state index in [0.29, 0.717) is 57.9 Å².